The molecule has 0 unspecified atom stereocenters. The van der Waals surface area contributed by atoms with Gasteiger partial charge in [0.15, 0.2) is 0 Å². The minimum absolute atomic E-state index is 0.169. The zero-order valence-corrected chi connectivity index (χ0v) is 13.4. The topological polar surface area (TPSA) is 96.9 Å². The van der Waals surface area contributed by atoms with Gasteiger partial charge in [-0.25, -0.2) is 4.79 Å². The third-order valence-electron chi connectivity index (χ3n) is 4.36. The van der Waals surface area contributed by atoms with Gasteiger partial charge in [0.1, 0.15) is 12.7 Å². The molecular formula is C17H22N2O5. The van der Waals surface area contributed by atoms with Gasteiger partial charge in [-0.05, 0) is 30.9 Å². The molecule has 1 fully saturated rings. The van der Waals surface area contributed by atoms with Crippen molar-refractivity contribution in [1.29, 1.82) is 0 Å². The predicted octanol–water partition coefficient (Wildman–Crippen LogP) is 1.03. The molecule has 1 aromatic rings. The molecule has 2 aliphatic rings. The Bertz CT molecular complexity index is 619. The van der Waals surface area contributed by atoms with Gasteiger partial charge in [0.2, 0.25) is 0 Å². The Hall–Kier alpha value is -2.12. The zero-order valence-electron chi connectivity index (χ0n) is 13.4. The molecule has 0 radical (unpaired) electrons. The lowest BCUT2D eigenvalue weighted by atomic mass is 9.98. The van der Waals surface area contributed by atoms with Crippen LogP contribution in [0.3, 0.4) is 0 Å². The van der Waals surface area contributed by atoms with E-state index in [-0.39, 0.29) is 18.6 Å². The molecule has 2 heterocycles. The van der Waals surface area contributed by atoms with Gasteiger partial charge in [-0.2, -0.15) is 0 Å². The second-order valence-corrected chi connectivity index (χ2v) is 6.06. The largest absolute Gasteiger partial charge is 0.480 e. The first kappa shape index (κ1) is 16.7. The quantitative estimate of drug-likeness (QED) is 0.744. The highest BCUT2D eigenvalue weighted by Gasteiger charge is 2.29. The van der Waals surface area contributed by atoms with Crippen LogP contribution in [0, 0.1) is 0 Å². The molecule has 1 amide bonds. The number of anilines is 1. The summed E-state index contributed by atoms with van der Waals surface area (Å²) in [6, 6.07) is 5.47. The SMILES string of the molecule is O=C(O)CO[C@@H]1COCC[C@H]1NC(=O)c1cccc2c1NCCC2. The van der Waals surface area contributed by atoms with Gasteiger partial charge in [-0.1, -0.05) is 12.1 Å². The van der Waals surface area contributed by atoms with Gasteiger partial charge < -0.3 is 25.2 Å². The van der Waals surface area contributed by atoms with Crippen LogP contribution in [0.25, 0.3) is 0 Å². The van der Waals surface area contributed by atoms with Crippen molar-refractivity contribution in [2.24, 2.45) is 0 Å². The Labute approximate surface area is 140 Å². The fraction of sp³-hybridized carbons (Fsp3) is 0.529. The zero-order chi connectivity index (χ0) is 16.9. The lowest BCUT2D eigenvalue weighted by molar-refractivity contribution is -0.148. The molecule has 3 rings (SSSR count). The fourth-order valence-electron chi connectivity index (χ4n) is 3.16. The standard InChI is InChI=1S/C17H22N2O5/c20-15(21)10-24-14-9-23-8-6-13(14)19-17(22)12-5-1-3-11-4-2-7-18-16(11)12/h1,3,5,13-14,18H,2,4,6-10H2,(H,19,22)(H,20,21)/t13-,14-/m1/s1. The van der Waals surface area contributed by atoms with Crippen LogP contribution >= 0.6 is 0 Å². The summed E-state index contributed by atoms with van der Waals surface area (Å²) in [5.41, 5.74) is 2.67. The number of carbonyl (C=O) groups is 2. The first-order valence-electron chi connectivity index (χ1n) is 8.23. The Morgan fingerprint density at radius 1 is 1.42 bits per heavy atom. The summed E-state index contributed by atoms with van der Waals surface area (Å²) in [5, 5.41) is 15.0. The smallest absolute Gasteiger partial charge is 0.329 e. The number of para-hydroxylation sites is 1. The van der Waals surface area contributed by atoms with E-state index in [1.165, 1.54) is 0 Å². The molecule has 0 spiro atoms. The van der Waals surface area contributed by atoms with Crippen molar-refractivity contribution in [3.8, 4) is 0 Å². The highest BCUT2D eigenvalue weighted by molar-refractivity contribution is 6.00. The van der Waals surface area contributed by atoms with Gasteiger partial charge in [0.25, 0.3) is 5.91 Å². The minimum Gasteiger partial charge on any atom is -0.480 e. The van der Waals surface area contributed by atoms with Crippen molar-refractivity contribution in [2.45, 2.75) is 31.4 Å². The lowest BCUT2D eigenvalue weighted by Gasteiger charge is -2.32. The highest BCUT2D eigenvalue weighted by Crippen LogP contribution is 2.26. The fourth-order valence-corrected chi connectivity index (χ4v) is 3.16. The first-order chi connectivity index (χ1) is 11.6. The number of carboxylic acids is 1. The highest BCUT2D eigenvalue weighted by atomic mass is 16.5. The molecule has 0 aromatic heterocycles. The number of carbonyl (C=O) groups excluding carboxylic acids is 1. The van der Waals surface area contributed by atoms with Crippen LogP contribution in [0.1, 0.15) is 28.8 Å². The second kappa shape index (κ2) is 7.63. The van der Waals surface area contributed by atoms with Crippen LogP contribution in [0.2, 0.25) is 0 Å². The Kier molecular flexibility index (Phi) is 5.32. The lowest BCUT2D eigenvalue weighted by Crippen LogP contribution is -2.50. The van der Waals surface area contributed by atoms with Crippen LogP contribution < -0.4 is 10.6 Å². The van der Waals surface area contributed by atoms with Gasteiger partial charge in [-0.3, -0.25) is 4.79 Å². The van der Waals surface area contributed by atoms with Gasteiger partial charge in [-0.15, -0.1) is 0 Å². The van der Waals surface area contributed by atoms with E-state index in [4.69, 9.17) is 14.6 Å². The van der Waals surface area contributed by atoms with Crippen LogP contribution in [0.4, 0.5) is 5.69 Å². The van der Waals surface area contributed by atoms with Crippen molar-refractivity contribution >= 4 is 17.6 Å². The first-order valence-corrected chi connectivity index (χ1v) is 8.23. The number of carboxylic acid groups (broad SMARTS) is 1. The number of hydrogen-bond donors (Lipinski definition) is 3. The molecule has 1 saturated heterocycles. The summed E-state index contributed by atoms with van der Waals surface area (Å²) in [6.45, 7) is 1.26. The van der Waals surface area contributed by atoms with E-state index in [0.29, 0.717) is 18.6 Å². The Morgan fingerprint density at radius 3 is 3.12 bits per heavy atom. The normalized spacial score (nSPS) is 23.0. The third kappa shape index (κ3) is 3.85. The molecule has 0 aliphatic carbocycles. The second-order valence-electron chi connectivity index (χ2n) is 6.06. The number of hydrogen-bond acceptors (Lipinski definition) is 5. The number of rotatable bonds is 5. The van der Waals surface area contributed by atoms with Crippen molar-refractivity contribution in [3.05, 3.63) is 29.3 Å². The van der Waals surface area contributed by atoms with E-state index in [1.54, 1.807) is 6.07 Å². The van der Waals surface area contributed by atoms with E-state index >= 15 is 0 Å². The Balaban J connectivity index is 1.70. The summed E-state index contributed by atoms with van der Waals surface area (Å²) in [6.07, 6.45) is 2.17. The summed E-state index contributed by atoms with van der Waals surface area (Å²) in [4.78, 5) is 23.4. The number of amides is 1. The molecule has 130 valence electrons. The van der Waals surface area contributed by atoms with Crippen molar-refractivity contribution in [3.63, 3.8) is 0 Å². The Morgan fingerprint density at radius 2 is 2.29 bits per heavy atom. The summed E-state index contributed by atoms with van der Waals surface area (Å²) in [5.74, 6) is -1.20. The monoisotopic (exact) mass is 334 g/mol. The number of aliphatic carboxylic acids is 1. The molecule has 2 aliphatic heterocycles. The number of aryl methyl sites for hydroxylation is 1. The number of fused-ring (bicyclic) bond motifs is 1. The average molecular weight is 334 g/mol. The molecule has 2 atom stereocenters. The molecule has 0 saturated carbocycles. The predicted molar refractivity (Wildman–Crippen MR) is 87.3 cm³/mol. The summed E-state index contributed by atoms with van der Waals surface area (Å²) < 4.78 is 10.7. The summed E-state index contributed by atoms with van der Waals surface area (Å²) >= 11 is 0. The molecule has 7 nitrogen and oxygen atoms in total. The molecular weight excluding hydrogens is 312 g/mol. The molecule has 24 heavy (non-hydrogen) atoms. The number of benzene rings is 1. The number of ether oxygens (including phenoxy) is 2. The average Bonchev–Trinajstić information content (AvgIpc) is 2.60. The molecule has 1 aromatic carbocycles. The van der Waals surface area contributed by atoms with Crippen LogP contribution in [-0.2, 0) is 20.7 Å². The van der Waals surface area contributed by atoms with E-state index < -0.39 is 18.7 Å². The van der Waals surface area contributed by atoms with E-state index in [1.807, 2.05) is 12.1 Å². The minimum atomic E-state index is -1.04. The molecule has 0 bridgehead atoms. The maximum Gasteiger partial charge on any atom is 0.329 e. The molecule has 7 heteroatoms. The third-order valence-corrected chi connectivity index (χ3v) is 4.36. The van der Waals surface area contributed by atoms with Crippen LogP contribution in [0.15, 0.2) is 18.2 Å². The summed E-state index contributed by atoms with van der Waals surface area (Å²) in [7, 11) is 0. The molecule has 3 N–H and O–H groups in total. The number of nitrogens with one attached hydrogen (secondary N) is 2. The maximum absolute atomic E-state index is 12.7. The van der Waals surface area contributed by atoms with E-state index in [0.717, 1.165) is 30.6 Å². The van der Waals surface area contributed by atoms with Crippen molar-refractivity contribution in [2.75, 3.05) is 31.7 Å². The maximum atomic E-state index is 12.7. The van der Waals surface area contributed by atoms with Gasteiger partial charge in [0.05, 0.1) is 23.9 Å². The van der Waals surface area contributed by atoms with Crippen LogP contribution in [-0.4, -0.2) is 55.5 Å². The van der Waals surface area contributed by atoms with Crippen molar-refractivity contribution < 1.29 is 24.2 Å². The van der Waals surface area contributed by atoms with Gasteiger partial charge >= 0.3 is 5.97 Å². The van der Waals surface area contributed by atoms with E-state index in [9.17, 15) is 9.59 Å². The van der Waals surface area contributed by atoms with Crippen molar-refractivity contribution in [1.82, 2.24) is 5.32 Å². The van der Waals surface area contributed by atoms with Crippen LogP contribution in [0.5, 0.6) is 0 Å². The van der Waals surface area contributed by atoms with E-state index in [2.05, 4.69) is 10.6 Å². The van der Waals surface area contributed by atoms with Gasteiger partial charge in [0, 0.05) is 13.2 Å².